The Balaban J connectivity index is 1.87. The number of benzene rings is 2. The third-order valence-electron chi connectivity index (χ3n) is 2.56. The van der Waals surface area contributed by atoms with Gasteiger partial charge in [-0.2, -0.15) is 5.10 Å². The van der Waals surface area contributed by atoms with E-state index in [1.54, 1.807) is 0 Å². The summed E-state index contributed by atoms with van der Waals surface area (Å²) in [5.41, 5.74) is 2.87. The topological polar surface area (TPSA) is 70.6 Å². The van der Waals surface area contributed by atoms with E-state index in [0.29, 0.717) is 5.56 Å². The molecule has 0 radical (unpaired) electrons. The monoisotopic (exact) mass is 303 g/mol. The van der Waals surface area contributed by atoms with Crippen LogP contribution in [0.3, 0.4) is 0 Å². The number of nitrogens with one attached hydrogen (secondary N) is 2. The van der Waals surface area contributed by atoms with Gasteiger partial charge in [-0.1, -0.05) is 12.1 Å². The number of hydrogen-bond donors (Lipinski definition) is 2. The highest BCUT2D eigenvalue weighted by Gasteiger charge is 2.12. The van der Waals surface area contributed by atoms with Crippen LogP contribution < -0.4 is 10.7 Å². The van der Waals surface area contributed by atoms with Crippen molar-refractivity contribution in [2.75, 3.05) is 5.32 Å². The van der Waals surface area contributed by atoms with Crippen molar-refractivity contribution < 1.29 is 18.4 Å². The van der Waals surface area contributed by atoms with Gasteiger partial charge < -0.3 is 5.32 Å². The number of rotatable bonds is 3. The normalized spacial score (nSPS) is 10.5. The molecule has 0 atom stereocenters. The second-order valence-electron chi connectivity index (χ2n) is 4.21. The van der Waals surface area contributed by atoms with Crippen LogP contribution in [-0.4, -0.2) is 18.0 Å². The highest BCUT2D eigenvalue weighted by Crippen LogP contribution is 2.07. The number of halogens is 2. The van der Waals surface area contributed by atoms with Gasteiger partial charge in [0.25, 0.3) is 0 Å². The molecule has 0 aromatic heterocycles. The van der Waals surface area contributed by atoms with E-state index in [2.05, 4.69) is 10.4 Å². The number of amides is 2. The minimum absolute atomic E-state index is 0.282. The van der Waals surface area contributed by atoms with Crippen LogP contribution in [0.2, 0.25) is 0 Å². The quantitative estimate of drug-likeness (QED) is 0.517. The molecule has 0 fully saturated rings. The summed E-state index contributed by atoms with van der Waals surface area (Å²) in [6.07, 6.45) is 1.27. The van der Waals surface area contributed by atoms with Crippen LogP contribution in [0, 0.1) is 11.6 Å². The molecule has 0 bridgehead atoms. The van der Waals surface area contributed by atoms with Crippen LogP contribution in [0.1, 0.15) is 5.56 Å². The fourth-order valence-corrected chi connectivity index (χ4v) is 1.49. The molecule has 0 aliphatic carbocycles. The molecular weight excluding hydrogens is 292 g/mol. The zero-order valence-corrected chi connectivity index (χ0v) is 11.2. The van der Waals surface area contributed by atoms with E-state index in [1.807, 2.05) is 5.43 Å². The van der Waals surface area contributed by atoms with Gasteiger partial charge in [0.05, 0.1) is 6.21 Å². The Morgan fingerprint density at radius 3 is 2.00 bits per heavy atom. The van der Waals surface area contributed by atoms with Gasteiger partial charge in [0.2, 0.25) is 0 Å². The minimum Gasteiger partial charge on any atom is -0.318 e. The van der Waals surface area contributed by atoms with E-state index in [9.17, 15) is 18.4 Å². The van der Waals surface area contributed by atoms with Crippen molar-refractivity contribution in [3.8, 4) is 0 Å². The molecule has 7 heteroatoms. The predicted molar refractivity (Wildman–Crippen MR) is 77.2 cm³/mol. The lowest BCUT2D eigenvalue weighted by Gasteiger charge is -2.03. The van der Waals surface area contributed by atoms with Crippen molar-refractivity contribution >= 4 is 23.7 Å². The summed E-state index contributed by atoms with van der Waals surface area (Å²) in [6.45, 7) is 0. The van der Waals surface area contributed by atoms with Gasteiger partial charge in [-0.25, -0.2) is 14.2 Å². The Morgan fingerprint density at radius 1 is 0.864 bits per heavy atom. The van der Waals surface area contributed by atoms with Crippen LogP contribution in [0.15, 0.2) is 53.6 Å². The molecule has 0 unspecified atom stereocenters. The smallest absolute Gasteiger partial charge is 0.318 e. The van der Waals surface area contributed by atoms with Crippen LogP contribution >= 0.6 is 0 Å². The fourth-order valence-electron chi connectivity index (χ4n) is 1.49. The summed E-state index contributed by atoms with van der Waals surface area (Å²) in [4.78, 5) is 23.0. The Bertz CT molecular complexity index is 698. The van der Waals surface area contributed by atoms with Gasteiger partial charge in [-0.05, 0) is 42.0 Å². The Hall–Kier alpha value is -3.09. The highest BCUT2D eigenvalue weighted by molar-refractivity contribution is 6.39. The largest absolute Gasteiger partial charge is 0.329 e. The summed E-state index contributed by atoms with van der Waals surface area (Å²) in [7, 11) is 0. The number of hydrazone groups is 1. The van der Waals surface area contributed by atoms with Crippen molar-refractivity contribution in [1.29, 1.82) is 0 Å². The lowest BCUT2D eigenvalue weighted by Crippen LogP contribution is -2.32. The van der Waals surface area contributed by atoms with Crippen LogP contribution in [-0.2, 0) is 9.59 Å². The summed E-state index contributed by atoms with van der Waals surface area (Å²) < 4.78 is 25.4. The van der Waals surface area contributed by atoms with E-state index in [1.165, 1.54) is 42.6 Å². The highest BCUT2D eigenvalue weighted by atomic mass is 19.1. The van der Waals surface area contributed by atoms with E-state index in [0.717, 1.165) is 12.1 Å². The van der Waals surface area contributed by atoms with Gasteiger partial charge in [0.15, 0.2) is 0 Å². The van der Waals surface area contributed by atoms with Crippen molar-refractivity contribution in [2.45, 2.75) is 0 Å². The van der Waals surface area contributed by atoms with Gasteiger partial charge in [0, 0.05) is 5.69 Å². The Kier molecular flexibility index (Phi) is 4.92. The zero-order chi connectivity index (χ0) is 15.9. The van der Waals surface area contributed by atoms with E-state index in [4.69, 9.17) is 0 Å². The van der Waals surface area contributed by atoms with Crippen LogP contribution in [0.4, 0.5) is 14.5 Å². The maximum Gasteiger partial charge on any atom is 0.329 e. The van der Waals surface area contributed by atoms with Gasteiger partial charge in [-0.15, -0.1) is 0 Å². The second-order valence-corrected chi connectivity index (χ2v) is 4.21. The van der Waals surface area contributed by atoms with Crippen LogP contribution in [0.25, 0.3) is 0 Å². The van der Waals surface area contributed by atoms with Crippen LogP contribution in [0.5, 0.6) is 0 Å². The third kappa shape index (κ3) is 4.48. The van der Waals surface area contributed by atoms with Crippen molar-refractivity contribution in [2.24, 2.45) is 5.10 Å². The first kappa shape index (κ1) is 15.3. The van der Waals surface area contributed by atoms with Gasteiger partial charge >= 0.3 is 11.8 Å². The van der Waals surface area contributed by atoms with E-state index < -0.39 is 17.6 Å². The minimum atomic E-state index is -0.984. The summed E-state index contributed by atoms with van der Waals surface area (Å²) in [6, 6.07) is 10.4. The predicted octanol–water partition coefficient (Wildman–Crippen LogP) is 2.05. The molecule has 2 aromatic carbocycles. The number of carbonyl (C=O) groups excluding carboxylic acids is 2. The molecule has 22 heavy (non-hydrogen) atoms. The molecule has 0 aliphatic heterocycles. The molecular formula is C15H11F2N3O2. The lowest BCUT2D eigenvalue weighted by molar-refractivity contribution is -0.136. The maximum absolute atomic E-state index is 12.7. The standard InChI is InChI=1S/C15H11F2N3O2/c16-11-3-1-10(2-4-11)9-18-20-15(22)14(21)19-13-7-5-12(17)6-8-13/h1-9H,(H,19,21)(H,20,22)/b18-9-. The molecule has 2 N–H and O–H groups in total. The second kappa shape index (κ2) is 7.07. The molecule has 2 rings (SSSR count). The molecule has 0 spiro atoms. The zero-order valence-electron chi connectivity index (χ0n) is 11.2. The first-order chi connectivity index (χ1) is 10.5. The summed E-state index contributed by atoms with van der Waals surface area (Å²) in [5.74, 6) is -2.77. The first-order valence-electron chi connectivity index (χ1n) is 6.20. The molecule has 2 amide bonds. The average molecular weight is 303 g/mol. The summed E-state index contributed by atoms with van der Waals surface area (Å²) in [5, 5.41) is 5.86. The number of hydrogen-bond acceptors (Lipinski definition) is 3. The van der Waals surface area contributed by atoms with E-state index >= 15 is 0 Å². The SMILES string of the molecule is O=C(N/N=C\c1ccc(F)cc1)C(=O)Nc1ccc(F)cc1. The molecule has 0 heterocycles. The molecule has 5 nitrogen and oxygen atoms in total. The molecule has 0 aliphatic rings. The first-order valence-corrected chi connectivity index (χ1v) is 6.20. The van der Waals surface area contributed by atoms with Crippen molar-refractivity contribution in [1.82, 2.24) is 5.43 Å². The number of nitrogens with zero attached hydrogens (tertiary/aromatic N) is 1. The van der Waals surface area contributed by atoms with Crippen molar-refractivity contribution in [3.63, 3.8) is 0 Å². The number of carbonyl (C=O) groups is 2. The Morgan fingerprint density at radius 2 is 1.41 bits per heavy atom. The van der Waals surface area contributed by atoms with E-state index in [-0.39, 0.29) is 11.5 Å². The molecule has 2 aromatic rings. The number of anilines is 1. The molecule has 112 valence electrons. The average Bonchev–Trinajstić information content (AvgIpc) is 2.51. The Labute approximate surface area is 124 Å². The molecule has 0 saturated carbocycles. The maximum atomic E-state index is 12.7. The van der Waals surface area contributed by atoms with Crippen molar-refractivity contribution in [3.05, 3.63) is 65.7 Å². The van der Waals surface area contributed by atoms with Gasteiger partial charge in [-0.3, -0.25) is 9.59 Å². The fraction of sp³-hybridized carbons (Fsp3) is 0. The molecule has 0 saturated heterocycles. The lowest BCUT2D eigenvalue weighted by atomic mass is 10.2. The van der Waals surface area contributed by atoms with Gasteiger partial charge in [0.1, 0.15) is 11.6 Å². The summed E-state index contributed by atoms with van der Waals surface area (Å²) >= 11 is 0. The third-order valence-corrected chi connectivity index (χ3v) is 2.56.